The molecule has 2 unspecified atom stereocenters. The summed E-state index contributed by atoms with van der Waals surface area (Å²) in [4.78, 5) is 71.2. The Balaban J connectivity index is 0.000000192. The summed E-state index contributed by atoms with van der Waals surface area (Å²) < 4.78 is 56.2. The van der Waals surface area contributed by atoms with Crippen LogP contribution in [0.3, 0.4) is 0 Å². The van der Waals surface area contributed by atoms with Gasteiger partial charge in [0.1, 0.15) is 11.4 Å². The highest BCUT2D eigenvalue weighted by atomic mass is 19.3. The van der Waals surface area contributed by atoms with Crippen LogP contribution in [-0.4, -0.2) is 72.9 Å². The number of hydrogen-bond acceptors (Lipinski definition) is 11. The summed E-state index contributed by atoms with van der Waals surface area (Å²) in [5.41, 5.74) is 23.4. The summed E-state index contributed by atoms with van der Waals surface area (Å²) in [6.45, 7) is 3.57. The van der Waals surface area contributed by atoms with Crippen LogP contribution in [0.25, 0.3) is 21.8 Å². The quantitative estimate of drug-likeness (QED) is 0.0790. The number of nitrogens with zero attached hydrogens (tertiary/aromatic N) is 6. The van der Waals surface area contributed by atoms with Gasteiger partial charge in [0.05, 0.1) is 29.5 Å². The Hall–Kier alpha value is -7.24. The molecule has 4 heterocycles. The first kappa shape index (κ1) is 44.8. The van der Waals surface area contributed by atoms with Crippen LogP contribution in [0.5, 0.6) is 0 Å². The maximum absolute atomic E-state index is 13.4. The van der Waals surface area contributed by atoms with Crippen molar-refractivity contribution < 1.29 is 41.5 Å². The molecule has 0 aliphatic carbocycles. The van der Waals surface area contributed by atoms with E-state index in [-0.39, 0.29) is 54.5 Å². The van der Waals surface area contributed by atoms with Crippen LogP contribution in [0.4, 0.5) is 29.5 Å². The van der Waals surface area contributed by atoms with Gasteiger partial charge in [0.15, 0.2) is 0 Å². The van der Waals surface area contributed by atoms with Crippen LogP contribution in [0.2, 0.25) is 0 Å². The zero-order chi connectivity index (χ0) is 45.7. The largest absolute Gasteiger partial charge is 0.466 e. The van der Waals surface area contributed by atoms with E-state index in [0.29, 0.717) is 59.1 Å². The molecule has 0 fully saturated rings. The summed E-state index contributed by atoms with van der Waals surface area (Å²) in [7, 11) is 0. The van der Waals surface area contributed by atoms with Crippen molar-refractivity contribution in [1.29, 1.82) is 0 Å². The van der Waals surface area contributed by atoms with E-state index in [0.717, 1.165) is 22.3 Å². The van der Waals surface area contributed by atoms with Crippen LogP contribution in [-0.2, 0) is 40.5 Å². The van der Waals surface area contributed by atoms with Gasteiger partial charge in [-0.1, -0.05) is 60.7 Å². The second kappa shape index (κ2) is 19.4. The highest BCUT2D eigenvalue weighted by Gasteiger charge is 2.30. The van der Waals surface area contributed by atoms with E-state index in [1.807, 2.05) is 48.5 Å². The number of aromatic nitrogens is 4. The molecule has 18 heteroatoms. The number of nitrogen functional groups attached to an aromatic ring is 2. The number of nitrogens with two attached hydrogens (primary N) is 3. The molecule has 8 rings (SSSR count). The predicted molar refractivity (Wildman–Crippen MR) is 230 cm³/mol. The SMILES string of the molecule is CCOC(=O)C(CCC(F)F)c1ccc2nc(N)nc(C(=O)N3Cc4ccccc4C3)c2c1.NC(=O)C(CCC(F)F)c1ccc2nc(N)nc(C(=O)N3Cc4ccccc4C3)c2c1. The van der Waals surface area contributed by atoms with E-state index in [4.69, 9.17) is 21.9 Å². The van der Waals surface area contributed by atoms with Gasteiger partial charge in [0.2, 0.25) is 30.7 Å². The van der Waals surface area contributed by atoms with Crippen LogP contribution in [0.1, 0.15) is 98.8 Å². The molecule has 0 bridgehead atoms. The van der Waals surface area contributed by atoms with Gasteiger partial charge in [-0.25, -0.2) is 37.5 Å². The van der Waals surface area contributed by atoms with Crippen molar-refractivity contribution in [1.82, 2.24) is 29.7 Å². The van der Waals surface area contributed by atoms with Gasteiger partial charge in [-0.2, -0.15) is 0 Å². The lowest BCUT2D eigenvalue weighted by Crippen LogP contribution is -2.27. The van der Waals surface area contributed by atoms with Crippen molar-refractivity contribution in [3.05, 3.63) is 130 Å². The maximum Gasteiger partial charge on any atom is 0.313 e. The average molecular weight is 880 g/mol. The van der Waals surface area contributed by atoms with Crippen LogP contribution in [0.15, 0.2) is 84.9 Å². The third-order valence-corrected chi connectivity index (χ3v) is 11.2. The fourth-order valence-corrected chi connectivity index (χ4v) is 8.06. The van der Waals surface area contributed by atoms with Crippen LogP contribution >= 0.6 is 0 Å². The van der Waals surface area contributed by atoms with Gasteiger partial charge in [-0.3, -0.25) is 19.2 Å². The first-order valence-corrected chi connectivity index (χ1v) is 20.6. The molecule has 6 N–H and O–H groups in total. The molecular weight excluding hydrogens is 835 g/mol. The second-order valence-corrected chi connectivity index (χ2v) is 15.5. The van der Waals surface area contributed by atoms with E-state index >= 15 is 0 Å². The highest BCUT2D eigenvalue weighted by molar-refractivity contribution is 6.06. The van der Waals surface area contributed by atoms with Gasteiger partial charge in [-0.15, -0.1) is 0 Å². The number of alkyl halides is 4. The standard InChI is InChI=1S/C24H24F2N4O3.C22H21F2N5O2/c1-2-33-23(32)17(8-10-20(25)26)14-7-9-19-18(11-14)21(29-24(27)28-19)22(31)30-12-15-5-3-4-6-16(15)13-30;23-18(24)8-6-15(20(25)30)12-5-7-17-16(9-12)19(28-22(26)27-17)21(31)29-10-13-3-1-2-4-14(13)11-29/h3-7,9,11,17,20H,2,8,10,12-13H2,1H3,(H2,27,28,29);1-5,7,9,15,18H,6,8,10-11H2,(H2,25,30)(H2,26,27,28). The Morgan fingerprint density at radius 1 is 0.594 bits per heavy atom. The van der Waals surface area contributed by atoms with E-state index in [1.165, 1.54) is 0 Å². The number of fused-ring (bicyclic) bond motifs is 4. The average Bonchev–Trinajstić information content (AvgIpc) is 3.91. The summed E-state index contributed by atoms with van der Waals surface area (Å²) in [6.07, 6.45) is -6.17. The molecule has 6 aromatic rings. The number of benzene rings is 4. The fraction of sp³-hybridized carbons (Fsp3) is 0.304. The number of carbonyl (C=O) groups is 4. The molecule has 64 heavy (non-hydrogen) atoms. The Labute approximate surface area is 364 Å². The first-order chi connectivity index (χ1) is 30.7. The molecule has 14 nitrogen and oxygen atoms in total. The number of halogens is 4. The fourth-order valence-electron chi connectivity index (χ4n) is 8.06. The Bertz CT molecular complexity index is 2690. The van der Waals surface area contributed by atoms with Crippen molar-refractivity contribution in [3.8, 4) is 0 Å². The molecular formula is C46H45F4N9O5. The molecule has 4 aromatic carbocycles. The van der Waals surface area contributed by atoms with Gasteiger partial charge < -0.3 is 31.7 Å². The molecule has 3 amide bonds. The lowest BCUT2D eigenvalue weighted by Gasteiger charge is -2.19. The van der Waals surface area contributed by atoms with Crippen molar-refractivity contribution in [2.75, 3.05) is 18.1 Å². The van der Waals surface area contributed by atoms with Crippen molar-refractivity contribution in [2.24, 2.45) is 5.73 Å². The summed E-state index contributed by atoms with van der Waals surface area (Å²) in [5.74, 6) is -3.83. The topological polar surface area (TPSA) is 214 Å². The summed E-state index contributed by atoms with van der Waals surface area (Å²) in [5, 5.41) is 0.810. The van der Waals surface area contributed by atoms with Crippen LogP contribution in [0, 0.1) is 0 Å². The van der Waals surface area contributed by atoms with E-state index in [1.54, 1.807) is 53.1 Å². The minimum absolute atomic E-state index is 0.0463. The minimum atomic E-state index is -2.54. The molecule has 0 radical (unpaired) electrons. The molecule has 332 valence electrons. The lowest BCUT2D eigenvalue weighted by atomic mass is 9.92. The maximum atomic E-state index is 13.4. The van der Waals surface area contributed by atoms with Crippen LogP contribution < -0.4 is 17.2 Å². The second-order valence-electron chi connectivity index (χ2n) is 15.5. The summed E-state index contributed by atoms with van der Waals surface area (Å²) >= 11 is 0. The number of esters is 1. The van der Waals surface area contributed by atoms with Gasteiger partial charge >= 0.3 is 5.97 Å². The number of carbonyl (C=O) groups excluding carboxylic acids is 4. The van der Waals surface area contributed by atoms with E-state index in [2.05, 4.69) is 19.9 Å². The number of rotatable bonds is 13. The third-order valence-electron chi connectivity index (χ3n) is 11.2. The zero-order valence-electron chi connectivity index (χ0n) is 34.7. The molecule has 0 saturated heterocycles. The summed E-state index contributed by atoms with van der Waals surface area (Å²) in [6, 6.07) is 25.2. The third kappa shape index (κ3) is 10.0. The van der Waals surface area contributed by atoms with Crippen molar-refractivity contribution >= 4 is 57.4 Å². The van der Waals surface area contributed by atoms with Crippen molar-refractivity contribution in [2.45, 2.75) is 83.5 Å². The number of primary amides is 1. The monoisotopic (exact) mass is 879 g/mol. The Morgan fingerprint density at radius 3 is 1.36 bits per heavy atom. The molecule has 2 atom stereocenters. The number of hydrogen-bond donors (Lipinski definition) is 3. The number of anilines is 2. The Kier molecular flexibility index (Phi) is 13.6. The van der Waals surface area contributed by atoms with E-state index < -0.39 is 49.4 Å². The normalized spacial score (nSPS) is 14.0. The van der Waals surface area contributed by atoms with E-state index in [9.17, 15) is 36.7 Å². The molecule has 0 spiro atoms. The van der Waals surface area contributed by atoms with Crippen molar-refractivity contribution in [3.63, 3.8) is 0 Å². The molecule has 0 saturated carbocycles. The Morgan fingerprint density at radius 2 is 0.984 bits per heavy atom. The zero-order valence-corrected chi connectivity index (χ0v) is 34.7. The minimum Gasteiger partial charge on any atom is -0.466 e. The lowest BCUT2D eigenvalue weighted by molar-refractivity contribution is -0.145. The highest BCUT2D eigenvalue weighted by Crippen LogP contribution is 2.33. The molecule has 2 aliphatic heterocycles. The predicted octanol–water partition coefficient (Wildman–Crippen LogP) is 7.04. The van der Waals surface area contributed by atoms with Gasteiger partial charge in [0.25, 0.3) is 11.8 Å². The first-order valence-electron chi connectivity index (χ1n) is 20.6. The van der Waals surface area contributed by atoms with Gasteiger partial charge in [0, 0.05) is 49.8 Å². The molecule has 2 aromatic heterocycles. The smallest absolute Gasteiger partial charge is 0.313 e. The number of amides is 3. The van der Waals surface area contributed by atoms with Gasteiger partial charge in [-0.05, 0) is 77.4 Å². The number of ether oxygens (including phenoxy) is 1. The molecule has 2 aliphatic rings.